The first-order valence-electron chi connectivity index (χ1n) is 4.45. The number of nitrogens with zero attached hydrogens (tertiary/aromatic N) is 1. The number of hydrogen-bond acceptors (Lipinski definition) is 2. The summed E-state index contributed by atoms with van der Waals surface area (Å²) in [5, 5.41) is 0. The Morgan fingerprint density at radius 2 is 2.15 bits per heavy atom. The molecule has 72 valence electrons. The maximum Gasteiger partial charge on any atom is 0.235 e. The van der Waals surface area contributed by atoms with Gasteiger partial charge in [-0.3, -0.25) is 14.5 Å². The molecule has 0 radical (unpaired) electrons. The van der Waals surface area contributed by atoms with Crippen LogP contribution >= 0.6 is 0 Å². The fourth-order valence-electron chi connectivity index (χ4n) is 1.47. The summed E-state index contributed by atoms with van der Waals surface area (Å²) >= 11 is 0. The predicted molar refractivity (Wildman–Crippen MR) is 49.9 cm³/mol. The molecule has 0 bridgehead atoms. The van der Waals surface area contributed by atoms with Gasteiger partial charge in [0.2, 0.25) is 11.8 Å². The Labute approximate surface area is 78.4 Å². The highest BCUT2D eigenvalue weighted by Crippen LogP contribution is 2.31. The second-order valence-electron chi connectivity index (χ2n) is 3.99. The Bertz CT molecular complexity index is 256. The third-order valence-electron chi connectivity index (χ3n) is 2.28. The van der Waals surface area contributed by atoms with Gasteiger partial charge in [0, 0.05) is 13.0 Å². The highest BCUT2D eigenvalue weighted by atomic mass is 16.2. The number of rotatable bonds is 3. The molecule has 0 unspecified atom stereocenters. The second kappa shape index (κ2) is 3.32. The topological polar surface area (TPSA) is 37.4 Å². The molecular formula is C10H15NO2. The van der Waals surface area contributed by atoms with Gasteiger partial charge in [0.1, 0.15) is 0 Å². The van der Waals surface area contributed by atoms with Crippen molar-refractivity contribution in [2.45, 2.75) is 26.7 Å². The summed E-state index contributed by atoms with van der Waals surface area (Å²) in [6.45, 7) is 7.65. The number of amides is 2. The molecule has 0 aromatic heterocycles. The van der Waals surface area contributed by atoms with Gasteiger partial charge in [0.05, 0.1) is 5.41 Å². The first kappa shape index (κ1) is 9.96. The van der Waals surface area contributed by atoms with E-state index >= 15 is 0 Å². The van der Waals surface area contributed by atoms with Crippen LogP contribution in [0.1, 0.15) is 26.7 Å². The number of likely N-dealkylation sites (tertiary alicyclic amines) is 1. The summed E-state index contributed by atoms with van der Waals surface area (Å²) in [7, 11) is 0. The van der Waals surface area contributed by atoms with Crippen LogP contribution in [0.3, 0.4) is 0 Å². The Balaban J connectivity index is 2.71. The van der Waals surface area contributed by atoms with Crippen LogP contribution in [0, 0.1) is 5.41 Å². The average molecular weight is 181 g/mol. The monoisotopic (exact) mass is 181 g/mol. The van der Waals surface area contributed by atoms with Crippen molar-refractivity contribution in [2.24, 2.45) is 5.41 Å². The van der Waals surface area contributed by atoms with Crippen LogP contribution in [0.15, 0.2) is 12.7 Å². The molecule has 1 saturated heterocycles. The van der Waals surface area contributed by atoms with Crippen LogP contribution < -0.4 is 0 Å². The van der Waals surface area contributed by atoms with Crippen LogP contribution in [-0.2, 0) is 9.59 Å². The molecule has 0 aromatic rings. The van der Waals surface area contributed by atoms with Gasteiger partial charge in [-0.25, -0.2) is 0 Å². The van der Waals surface area contributed by atoms with Crippen molar-refractivity contribution < 1.29 is 9.59 Å². The van der Waals surface area contributed by atoms with Gasteiger partial charge in [-0.15, -0.1) is 6.58 Å². The molecule has 0 atom stereocenters. The van der Waals surface area contributed by atoms with Crippen LogP contribution in [0.4, 0.5) is 0 Å². The first-order chi connectivity index (χ1) is 5.99. The lowest BCUT2D eigenvalue weighted by Gasteiger charge is -2.16. The largest absolute Gasteiger partial charge is 0.282 e. The Hall–Kier alpha value is -1.12. The van der Waals surface area contributed by atoms with E-state index in [1.807, 2.05) is 0 Å². The molecule has 1 heterocycles. The zero-order chi connectivity index (χ0) is 10.1. The Kier molecular flexibility index (Phi) is 2.55. The lowest BCUT2D eigenvalue weighted by atomic mass is 9.92. The average Bonchev–Trinajstić information content (AvgIpc) is 2.21. The van der Waals surface area contributed by atoms with Gasteiger partial charge >= 0.3 is 0 Å². The van der Waals surface area contributed by atoms with Crippen molar-refractivity contribution >= 4 is 11.8 Å². The molecule has 1 rings (SSSR count). The second-order valence-corrected chi connectivity index (χ2v) is 3.99. The van der Waals surface area contributed by atoms with E-state index < -0.39 is 5.41 Å². The summed E-state index contributed by atoms with van der Waals surface area (Å²) in [5.41, 5.74) is -0.502. The van der Waals surface area contributed by atoms with Gasteiger partial charge in [-0.1, -0.05) is 19.9 Å². The molecule has 0 aromatic carbocycles. The van der Waals surface area contributed by atoms with Gasteiger partial charge in [-0.2, -0.15) is 0 Å². The van der Waals surface area contributed by atoms with Crippen LogP contribution in [0.25, 0.3) is 0 Å². The molecule has 0 N–H and O–H groups in total. The van der Waals surface area contributed by atoms with Crippen molar-refractivity contribution in [3.63, 3.8) is 0 Å². The summed E-state index contributed by atoms with van der Waals surface area (Å²) in [4.78, 5) is 24.3. The minimum Gasteiger partial charge on any atom is -0.282 e. The van der Waals surface area contributed by atoms with Gasteiger partial charge < -0.3 is 0 Å². The molecule has 3 heteroatoms. The Morgan fingerprint density at radius 3 is 2.54 bits per heavy atom. The SMILES string of the molecule is C=CCCN1C(=O)CC(C)(C)C1=O. The lowest BCUT2D eigenvalue weighted by Crippen LogP contribution is -2.33. The van der Waals surface area contributed by atoms with E-state index in [0.717, 1.165) is 0 Å². The van der Waals surface area contributed by atoms with E-state index in [9.17, 15) is 9.59 Å². The molecule has 13 heavy (non-hydrogen) atoms. The minimum atomic E-state index is -0.502. The van der Waals surface area contributed by atoms with E-state index in [-0.39, 0.29) is 11.8 Å². The van der Waals surface area contributed by atoms with Crippen molar-refractivity contribution in [1.29, 1.82) is 0 Å². The van der Waals surface area contributed by atoms with E-state index in [0.29, 0.717) is 19.4 Å². The molecule has 1 aliphatic rings. The number of carbonyl (C=O) groups is 2. The molecular weight excluding hydrogens is 166 g/mol. The van der Waals surface area contributed by atoms with Crippen LogP contribution in [0.5, 0.6) is 0 Å². The summed E-state index contributed by atoms with van der Waals surface area (Å²) in [5.74, 6) is -0.115. The number of hydrogen-bond donors (Lipinski definition) is 0. The zero-order valence-corrected chi connectivity index (χ0v) is 8.17. The Morgan fingerprint density at radius 1 is 1.54 bits per heavy atom. The van der Waals surface area contributed by atoms with Crippen LogP contribution in [0.2, 0.25) is 0 Å². The fourth-order valence-corrected chi connectivity index (χ4v) is 1.47. The summed E-state index contributed by atoms with van der Waals surface area (Å²) < 4.78 is 0. The van der Waals surface area contributed by atoms with Crippen molar-refractivity contribution in [3.8, 4) is 0 Å². The van der Waals surface area contributed by atoms with E-state index in [1.54, 1.807) is 19.9 Å². The highest BCUT2D eigenvalue weighted by Gasteiger charge is 2.44. The predicted octanol–water partition coefficient (Wildman–Crippen LogP) is 1.35. The third kappa shape index (κ3) is 1.79. The smallest absolute Gasteiger partial charge is 0.235 e. The van der Waals surface area contributed by atoms with E-state index in [2.05, 4.69) is 6.58 Å². The molecule has 1 aliphatic heterocycles. The van der Waals surface area contributed by atoms with Crippen molar-refractivity contribution in [3.05, 3.63) is 12.7 Å². The minimum absolute atomic E-state index is 0.0562. The van der Waals surface area contributed by atoms with Crippen LogP contribution in [-0.4, -0.2) is 23.3 Å². The molecule has 0 aliphatic carbocycles. The quantitative estimate of drug-likeness (QED) is 0.487. The van der Waals surface area contributed by atoms with Gasteiger partial charge in [0.25, 0.3) is 0 Å². The lowest BCUT2D eigenvalue weighted by molar-refractivity contribution is -0.140. The van der Waals surface area contributed by atoms with Gasteiger partial charge in [0.15, 0.2) is 0 Å². The molecule has 2 amide bonds. The fraction of sp³-hybridized carbons (Fsp3) is 0.600. The zero-order valence-electron chi connectivity index (χ0n) is 8.17. The first-order valence-corrected chi connectivity index (χ1v) is 4.45. The van der Waals surface area contributed by atoms with Gasteiger partial charge in [-0.05, 0) is 6.42 Å². The maximum atomic E-state index is 11.6. The summed E-state index contributed by atoms with van der Waals surface area (Å²) in [6.07, 6.45) is 2.72. The van der Waals surface area contributed by atoms with E-state index in [4.69, 9.17) is 0 Å². The molecule has 3 nitrogen and oxygen atoms in total. The van der Waals surface area contributed by atoms with E-state index in [1.165, 1.54) is 4.90 Å². The molecule has 0 spiro atoms. The van der Waals surface area contributed by atoms with Crippen molar-refractivity contribution in [1.82, 2.24) is 4.90 Å². The number of imide groups is 1. The molecule has 1 fully saturated rings. The number of carbonyl (C=O) groups excluding carboxylic acids is 2. The highest BCUT2D eigenvalue weighted by molar-refractivity contribution is 6.05. The standard InChI is InChI=1S/C10H15NO2/c1-4-5-6-11-8(12)7-10(2,3)9(11)13/h4H,1,5-7H2,2-3H3. The van der Waals surface area contributed by atoms with Crippen molar-refractivity contribution in [2.75, 3.05) is 6.54 Å². The maximum absolute atomic E-state index is 11.6. The normalized spacial score (nSPS) is 20.9. The molecule has 0 saturated carbocycles. The third-order valence-corrected chi connectivity index (χ3v) is 2.28. The summed E-state index contributed by atoms with van der Waals surface area (Å²) in [6, 6.07) is 0.